The molecule has 1 saturated carbocycles. The van der Waals surface area contributed by atoms with Crippen LogP contribution in [-0.4, -0.2) is 28.1 Å². The summed E-state index contributed by atoms with van der Waals surface area (Å²) in [5.41, 5.74) is 0.329. The molecule has 2 amide bonds. The van der Waals surface area contributed by atoms with Crippen LogP contribution in [0, 0.1) is 16.0 Å². The topological polar surface area (TPSA) is 131 Å². The highest BCUT2D eigenvalue weighted by Gasteiger charge is 2.35. The van der Waals surface area contributed by atoms with Crippen LogP contribution in [0.1, 0.15) is 51.1 Å². The zero-order valence-electron chi connectivity index (χ0n) is 15.7. The number of phenols is 1. The normalized spacial score (nSPS) is 24.9. The highest BCUT2D eigenvalue weighted by Crippen LogP contribution is 2.34. The van der Waals surface area contributed by atoms with Gasteiger partial charge in [-0.15, -0.1) is 0 Å². The fourth-order valence-corrected chi connectivity index (χ4v) is 3.78. The van der Waals surface area contributed by atoms with Gasteiger partial charge in [0.2, 0.25) is 0 Å². The van der Waals surface area contributed by atoms with Crippen molar-refractivity contribution in [2.24, 2.45) is 5.92 Å². The van der Waals surface area contributed by atoms with E-state index in [9.17, 15) is 24.8 Å². The molecule has 1 aliphatic carbocycles. The molecule has 0 saturated heterocycles. The van der Waals surface area contributed by atoms with Crippen LogP contribution in [-0.2, 0) is 9.53 Å². The van der Waals surface area contributed by atoms with Crippen LogP contribution < -0.4 is 10.6 Å². The van der Waals surface area contributed by atoms with E-state index >= 15 is 0 Å². The molecule has 2 aliphatic rings. The van der Waals surface area contributed by atoms with Gasteiger partial charge in [-0.05, 0) is 43.7 Å². The van der Waals surface area contributed by atoms with Gasteiger partial charge >= 0.3 is 17.7 Å². The maximum absolute atomic E-state index is 12.9. The van der Waals surface area contributed by atoms with Gasteiger partial charge in [0.05, 0.1) is 16.5 Å². The average Bonchev–Trinajstić information content (AvgIpc) is 2.61. The molecular formula is C19H23N3O6. The van der Waals surface area contributed by atoms with Crippen LogP contribution in [0.4, 0.5) is 10.5 Å². The van der Waals surface area contributed by atoms with Crippen molar-refractivity contribution in [3.8, 4) is 5.75 Å². The second-order valence-electron chi connectivity index (χ2n) is 7.37. The van der Waals surface area contributed by atoms with E-state index in [-0.39, 0.29) is 11.7 Å². The third kappa shape index (κ3) is 4.08. The van der Waals surface area contributed by atoms with Gasteiger partial charge in [0.25, 0.3) is 0 Å². The number of nitrogens with one attached hydrogen (secondary N) is 2. The maximum atomic E-state index is 12.9. The van der Waals surface area contributed by atoms with Gasteiger partial charge < -0.3 is 20.5 Å². The Hall–Kier alpha value is -3.10. The molecule has 1 fully saturated rings. The first-order valence-corrected chi connectivity index (χ1v) is 9.22. The Kier molecular flexibility index (Phi) is 5.53. The number of hydrogen-bond donors (Lipinski definition) is 3. The molecule has 0 bridgehead atoms. The standard InChI is InChI=1S/C19H23N3O6/c1-10-4-3-5-13(8-10)28-18(24)16-11(2)20-19(25)21-17(16)12-6-7-15(23)14(9-12)22(26)27/h6-7,9-10,13,17,23H,3-5,8H2,1-2H3,(H2,20,21,25)/t10-,13-,17+/m1/s1. The minimum atomic E-state index is -0.915. The van der Waals surface area contributed by atoms with Crippen molar-refractivity contribution < 1.29 is 24.4 Å². The quantitative estimate of drug-likeness (QED) is 0.412. The number of rotatable bonds is 4. The van der Waals surface area contributed by atoms with Crippen LogP contribution in [0.5, 0.6) is 5.75 Å². The number of carbonyl (C=O) groups is 2. The predicted molar refractivity (Wildman–Crippen MR) is 99.4 cm³/mol. The molecular weight excluding hydrogens is 366 g/mol. The van der Waals surface area contributed by atoms with Gasteiger partial charge in [0.1, 0.15) is 6.10 Å². The maximum Gasteiger partial charge on any atom is 0.338 e. The largest absolute Gasteiger partial charge is 0.502 e. The van der Waals surface area contributed by atoms with E-state index in [1.807, 2.05) is 0 Å². The first kappa shape index (κ1) is 19.7. The highest BCUT2D eigenvalue weighted by atomic mass is 16.6. The van der Waals surface area contributed by atoms with Crippen LogP contribution >= 0.6 is 0 Å². The summed E-state index contributed by atoms with van der Waals surface area (Å²) in [6.45, 7) is 3.70. The Morgan fingerprint density at radius 2 is 2.11 bits per heavy atom. The lowest BCUT2D eigenvalue weighted by Crippen LogP contribution is -2.45. The number of nitrogens with zero attached hydrogens (tertiary/aromatic N) is 1. The Labute approximate surface area is 161 Å². The minimum Gasteiger partial charge on any atom is -0.502 e. The van der Waals surface area contributed by atoms with Crippen molar-refractivity contribution in [1.82, 2.24) is 10.6 Å². The number of carbonyl (C=O) groups excluding carboxylic acids is 2. The van der Waals surface area contributed by atoms with Crippen LogP contribution in [0.15, 0.2) is 29.5 Å². The summed E-state index contributed by atoms with van der Waals surface area (Å²) in [4.78, 5) is 35.3. The number of ether oxygens (including phenoxy) is 1. The van der Waals surface area contributed by atoms with Crippen molar-refractivity contribution in [2.75, 3.05) is 0 Å². The van der Waals surface area contributed by atoms with Gasteiger partial charge in [0.15, 0.2) is 5.75 Å². The molecule has 0 radical (unpaired) electrons. The van der Waals surface area contributed by atoms with Crippen LogP contribution in [0.2, 0.25) is 0 Å². The highest BCUT2D eigenvalue weighted by molar-refractivity contribution is 5.95. The van der Waals surface area contributed by atoms with Crippen molar-refractivity contribution in [3.05, 3.63) is 45.1 Å². The second kappa shape index (κ2) is 7.87. The molecule has 0 unspecified atom stereocenters. The van der Waals surface area contributed by atoms with Crippen molar-refractivity contribution in [3.63, 3.8) is 0 Å². The molecule has 1 aliphatic heterocycles. The number of nitro benzene ring substituents is 1. The van der Waals surface area contributed by atoms with Gasteiger partial charge in [-0.1, -0.05) is 19.4 Å². The summed E-state index contributed by atoms with van der Waals surface area (Å²) in [6, 6.07) is 2.31. The van der Waals surface area contributed by atoms with E-state index < -0.39 is 34.4 Å². The van der Waals surface area contributed by atoms with Gasteiger partial charge in [0, 0.05) is 11.8 Å². The number of amides is 2. The van der Waals surface area contributed by atoms with Crippen LogP contribution in [0.3, 0.4) is 0 Å². The summed E-state index contributed by atoms with van der Waals surface area (Å²) >= 11 is 0. The lowest BCUT2D eigenvalue weighted by atomic mass is 9.88. The zero-order chi connectivity index (χ0) is 20.4. The van der Waals surface area contributed by atoms with Crippen molar-refractivity contribution >= 4 is 17.7 Å². The number of hydrogen-bond acceptors (Lipinski definition) is 6. The molecule has 1 heterocycles. The smallest absolute Gasteiger partial charge is 0.338 e. The van der Waals surface area contributed by atoms with E-state index in [1.165, 1.54) is 12.1 Å². The second-order valence-corrected chi connectivity index (χ2v) is 7.37. The minimum absolute atomic E-state index is 0.191. The number of aromatic hydroxyl groups is 1. The fourth-order valence-electron chi connectivity index (χ4n) is 3.78. The molecule has 0 spiro atoms. The average molecular weight is 389 g/mol. The van der Waals surface area contributed by atoms with E-state index in [2.05, 4.69) is 17.6 Å². The molecule has 3 rings (SSSR count). The summed E-state index contributed by atoms with van der Waals surface area (Å²) in [7, 11) is 0. The Morgan fingerprint density at radius 1 is 1.36 bits per heavy atom. The molecule has 1 aromatic rings. The third-order valence-corrected chi connectivity index (χ3v) is 5.18. The van der Waals surface area contributed by atoms with Crippen LogP contribution in [0.25, 0.3) is 0 Å². The van der Waals surface area contributed by atoms with Gasteiger partial charge in [-0.25, -0.2) is 9.59 Å². The van der Waals surface area contributed by atoms with E-state index in [1.54, 1.807) is 6.92 Å². The van der Waals surface area contributed by atoms with E-state index in [4.69, 9.17) is 4.74 Å². The van der Waals surface area contributed by atoms with Crippen molar-refractivity contribution in [1.29, 1.82) is 0 Å². The van der Waals surface area contributed by atoms with E-state index in [0.29, 0.717) is 17.2 Å². The lowest BCUT2D eigenvalue weighted by Gasteiger charge is -2.31. The fraction of sp³-hybridized carbons (Fsp3) is 0.474. The predicted octanol–water partition coefficient (Wildman–Crippen LogP) is 3.05. The molecule has 3 atom stereocenters. The number of phenolic OH excluding ortho intramolecular Hbond substituents is 1. The monoisotopic (exact) mass is 389 g/mol. The molecule has 0 aromatic heterocycles. The Morgan fingerprint density at radius 3 is 2.79 bits per heavy atom. The summed E-state index contributed by atoms with van der Waals surface area (Å²) < 4.78 is 5.69. The zero-order valence-corrected chi connectivity index (χ0v) is 15.7. The Balaban J connectivity index is 1.91. The number of benzene rings is 1. The summed E-state index contributed by atoms with van der Waals surface area (Å²) in [6.07, 6.45) is 3.47. The number of allylic oxidation sites excluding steroid dienone is 1. The van der Waals surface area contributed by atoms with Crippen molar-refractivity contribution in [2.45, 2.75) is 51.7 Å². The number of esters is 1. The molecule has 28 heavy (non-hydrogen) atoms. The number of urea groups is 1. The Bertz CT molecular complexity index is 850. The summed E-state index contributed by atoms with van der Waals surface area (Å²) in [5, 5.41) is 26.0. The third-order valence-electron chi connectivity index (χ3n) is 5.18. The van der Waals surface area contributed by atoms with E-state index in [0.717, 1.165) is 31.7 Å². The number of nitro groups is 1. The molecule has 3 N–H and O–H groups in total. The van der Waals surface area contributed by atoms with Gasteiger partial charge in [-0.2, -0.15) is 0 Å². The molecule has 1 aromatic carbocycles. The van der Waals surface area contributed by atoms with Gasteiger partial charge in [-0.3, -0.25) is 10.1 Å². The SMILES string of the molecule is CC1=C(C(=O)O[C@@H]2CCC[C@@H](C)C2)[C@H](c2ccc(O)c([N+](=O)[O-])c2)NC(=O)N1. The first-order chi connectivity index (χ1) is 13.3. The first-order valence-electron chi connectivity index (χ1n) is 9.22. The summed E-state index contributed by atoms with van der Waals surface area (Å²) in [5.74, 6) is -0.582. The molecule has 9 nitrogen and oxygen atoms in total. The lowest BCUT2D eigenvalue weighted by molar-refractivity contribution is -0.385. The molecule has 9 heteroatoms. The molecule has 150 valence electrons.